The minimum Gasteiger partial charge on any atom is -0.355 e. The normalized spacial score (nSPS) is 12.2. The van der Waals surface area contributed by atoms with Crippen molar-refractivity contribution >= 4 is 5.91 Å². The summed E-state index contributed by atoms with van der Waals surface area (Å²) in [4.78, 5) is 11.7. The molecule has 17 heavy (non-hydrogen) atoms. The van der Waals surface area contributed by atoms with Gasteiger partial charge in [0.1, 0.15) is 0 Å². The fourth-order valence-corrected chi connectivity index (χ4v) is 1.78. The molecular weight excluding hydrogens is 212 g/mol. The van der Waals surface area contributed by atoms with Gasteiger partial charge >= 0.3 is 0 Å². The number of aryl methyl sites for hydroxylation is 1. The van der Waals surface area contributed by atoms with Crippen LogP contribution in [0.2, 0.25) is 0 Å². The van der Waals surface area contributed by atoms with Gasteiger partial charge < -0.3 is 10.6 Å². The van der Waals surface area contributed by atoms with E-state index in [0.717, 1.165) is 18.7 Å². The zero-order valence-corrected chi connectivity index (χ0v) is 10.9. The molecule has 0 heterocycles. The molecule has 3 heteroatoms. The molecule has 0 radical (unpaired) electrons. The lowest BCUT2D eigenvalue weighted by atomic mass is 10.1. The molecule has 1 atom stereocenters. The molecular formula is C14H22N2O. The Morgan fingerprint density at radius 1 is 1.35 bits per heavy atom. The second-order valence-corrected chi connectivity index (χ2v) is 4.63. The van der Waals surface area contributed by atoms with E-state index in [0.29, 0.717) is 12.3 Å². The maximum absolute atomic E-state index is 11.7. The highest BCUT2D eigenvalue weighted by Crippen LogP contribution is 2.04. The SMILES string of the molecule is CNCC(C)CNC(=O)Cc1cccc(C)c1. The summed E-state index contributed by atoms with van der Waals surface area (Å²) >= 11 is 0. The molecule has 0 fully saturated rings. The number of rotatable bonds is 6. The maximum Gasteiger partial charge on any atom is 0.224 e. The first kappa shape index (κ1) is 13.7. The molecule has 1 rings (SSSR count). The Hall–Kier alpha value is -1.35. The molecule has 0 bridgehead atoms. The van der Waals surface area contributed by atoms with Gasteiger partial charge in [-0.05, 0) is 32.0 Å². The first-order chi connectivity index (χ1) is 8.11. The van der Waals surface area contributed by atoms with E-state index in [1.165, 1.54) is 5.56 Å². The molecule has 1 amide bonds. The molecule has 1 aromatic rings. The Morgan fingerprint density at radius 3 is 2.76 bits per heavy atom. The van der Waals surface area contributed by atoms with Gasteiger partial charge in [0.2, 0.25) is 5.91 Å². The number of nitrogens with one attached hydrogen (secondary N) is 2. The third kappa shape index (κ3) is 5.50. The average molecular weight is 234 g/mol. The molecule has 2 N–H and O–H groups in total. The van der Waals surface area contributed by atoms with Gasteiger partial charge in [0, 0.05) is 6.54 Å². The third-order valence-corrected chi connectivity index (χ3v) is 2.65. The zero-order valence-electron chi connectivity index (χ0n) is 10.9. The summed E-state index contributed by atoms with van der Waals surface area (Å²) in [6, 6.07) is 8.07. The van der Waals surface area contributed by atoms with Crippen molar-refractivity contribution < 1.29 is 4.79 Å². The van der Waals surface area contributed by atoms with Crippen LogP contribution in [0.4, 0.5) is 0 Å². The predicted octanol–water partition coefficient (Wildman–Crippen LogP) is 1.51. The van der Waals surface area contributed by atoms with Crippen LogP contribution < -0.4 is 10.6 Å². The molecule has 0 aliphatic heterocycles. The summed E-state index contributed by atoms with van der Waals surface area (Å²) in [5, 5.41) is 6.05. The topological polar surface area (TPSA) is 41.1 Å². The lowest BCUT2D eigenvalue weighted by Gasteiger charge is -2.12. The summed E-state index contributed by atoms with van der Waals surface area (Å²) in [7, 11) is 1.92. The van der Waals surface area contributed by atoms with Crippen molar-refractivity contribution in [2.45, 2.75) is 20.3 Å². The Bertz CT molecular complexity index is 363. The largest absolute Gasteiger partial charge is 0.355 e. The van der Waals surface area contributed by atoms with Gasteiger partial charge in [-0.3, -0.25) is 4.79 Å². The Labute approximate surface area is 104 Å². The summed E-state index contributed by atoms with van der Waals surface area (Å²) in [5.41, 5.74) is 2.27. The number of amides is 1. The molecule has 0 spiro atoms. The number of benzene rings is 1. The maximum atomic E-state index is 11.7. The molecule has 94 valence electrons. The van der Waals surface area contributed by atoms with Gasteiger partial charge in [-0.1, -0.05) is 36.8 Å². The van der Waals surface area contributed by atoms with Gasteiger partial charge in [-0.15, -0.1) is 0 Å². The van der Waals surface area contributed by atoms with E-state index in [2.05, 4.69) is 23.6 Å². The van der Waals surface area contributed by atoms with Crippen LogP contribution in [0.3, 0.4) is 0 Å². The van der Waals surface area contributed by atoms with Crippen LogP contribution in [0.25, 0.3) is 0 Å². The predicted molar refractivity (Wildman–Crippen MR) is 71.0 cm³/mol. The van der Waals surface area contributed by atoms with E-state index in [1.54, 1.807) is 0 Å². The zero-order chi connectivity index (χ0) is 12.7. The van der Waals surface area contributed by atoms with Gasteiger partial charge in [0.15, 0.2) is 0 Å². The van der Waals surface area contributed by atoms with E-state index in [1.807, 2.05) is 32.2 Å². The van der Waals surface area contributed by atoms with Gasteiger partial charge in [0.25, 0.3) is 0 Å². The Balaban J connectivity index is 2.34. The summed E-state index contributed by atoms with van der Waals surface area (Å²) in [5.74, 6) is 0.556. The fourth-order valence-electron chi connectivity index (χ4n) is 1.78. The third-order valence-electron chi connectivity index (χ3n) is 2.65. The molecule has 1 aromatic carbocycles. The number of hydrogen-bond donors (Lipinski definition) is 2. The highest BCUT2D eigenvalue weighted by molar-refractivity contribution is 5.78. The number of carbonyl (C=O) groups excluding carboxylic acids is 1. The minimum absolute atomic E-state index is 0.0959. The van der Waals surface area contributed by atoms with Crippen LogP contribution in [-0.4, -0.2) is 26.0 Å². The first-order valence-corrected chi connectivity index (χ1v) is 6.08. The second-order valence-electron chi connectivity index (χ2n) is 4.63. The number of hydrogen-bond acceptors (Lipinski definition) is 2. The monoisotopic (exact) mass is 234 g/mol. The van der Waals surface area contributed by atoms with Gasteiger partial charge in [-0.2, -0.15) is 0 Å². The van der Waals surface area contributed by atoms with Crippen molar-refractivity contribution in [1.82, 2.24) is 10.6 Å². The Kier molecular flexibility index (Phi) is 5.70. The minimum atomic E-state index is 0.0959. The van der Waals surface area contributed by atoms with Crippen LogP contribution >= 0.6 is 0 Å². The molecule has 0 aliphatic rings. The van der Waals surface area contributed by atoms with E-state index >= 15 is 0 Å². The summed E-state index contributed by atoms with van der Waals surface area (Å²) in [6.07, 6.45) is 0.466. The number of carbonyl (C=O) groups is 1. The highest BCUT2D eigenvalue weighted by Gasteiger charge is 2.05. The standard InChI is InChI=1S/C14H22N2O/c1-11-5-4-6-13(7-11)8-14(17)16-10-12(2)9-15-3/h4-7,12,15H,8-10H2,1-3H3,(H,16,17). The second kappa shape index (κ2) is 7.07. The summed E-state index contributed by atoms with van der Waals surface area (Å²) in [6.45, 7) is 5.80. The van der Waals surface area contributed by atoms with Crippen LogP contribution in [0.1, 0.15) is 18.1 Å². The first-order valence-electron chi connectivity index (χ1n) is 6.08. The molecule has 0 aromatic heterocycles. The van der Waals surface area contributed by atoms with Crippen LogP contribution in [0.5, 0.6) is 0 Å². The summed E-state index contributed by atoms with van der Waals surface area (Å²) < 4.78 is 0. The van der Waals surface area contributed by atoms with Crippen molar-refractivity contribution in [2.24, 2.45) is 5.92 Å². The molecule has 0 aliphatic carbocycles. The molecule has 0 saturated carbocycles. The fraction of sp³-hybridized carbons (Fsp3) is 0.500. The van der Waals surface area contributed by atoms with Crippen molar-refractivity contribution in [3.05, 3.63) is 35.4 Å². The van der Waals surface area contributed by atoms with Crippen molar-refractivity contribution in [3.63, 3.8) is 0 Å². The van der Waals surface area contributed by atoms with Crippen molar-refractivity contribution in [2.75, 3.05) is 20.1 Å². The van der Waals surface area contributed by atoms with Crippen LogP contribution in [-0.2, 0) is 11.2 Å². The van der Waals surface area contributed by atoms with Crippen molar-refractivity contribution in [3.8, 4) is 0 Å². The van der Waals surface area contributed by atoms with Crippen molar-refractivity contribution in [1.29, 1.82) is 0 Å². The lowest BCUT2D eigenvalue weighted by Crippen LogP contribution is -2.33. The highest BCUT2D eigenvalue weighted by atomic mass is 16.1. The lowest BCUT2D eigenvalue weighted by molar-refractivity contribution is -0.120. The quantitative estimate of drug-likeness (QED) is 0.783. The molecule has 0 saturated heterocycles. The van der Waals surface area contributed by atoms with Crippen LogP contribution in [0, 0.1) is 12.8 Å². The van der Waals surface area contributed by atoms with Gasteiger partial charge in [-0.25, -0.2) is 0 Å². The smallest absolute Gasteiger partial charge is 0.224 e. The molecule has 3 nitrogen and oxygen atoms in total. The molecule has 1 unspecified atom stereocenters. The van der Waals surface area contributed by atoms with E-state index in [-0.39, 0.29) is 5.91 Å². The van der Waals surface area contributed by atoms with E-state index in [4.69, 9.17) is 0 Å². The van der Waals surface area contributed by atoms with Gasteiger partial charge in [0.05, 0.1) is 6.42 Å². The Morgan fingerprint density at radius 2 is 2.12 bits per heavy atom. The average Bonchev–Trinajstić information content (AvgIpc) is 2.27. The van der Waals surface area contributed by atoms with Crippen LogP contribution in [0.15, 0.2) is 24.3 Å². The van der Waals surface area contributed by atoms with E-state index < -0.39 is 0 Å². The van der Waals surface area contributed by atoms with E-state index in [9.17, 15) is 4.79 Å².